The molecule has 0 amide bonds. The fourth-order valence-corrected chi connectivity index (χ4v) is 4.27. The number of benzene rings is 4. The molecule has 2 unspecified atom stereocenters. The lowest BCUT2D eigenvalue weighted by Gasteiger charge is -2.21. The molecule has 0 bridgehead atoms. The molecule has 4 aromatic rings. The van der Waals surface area contributed by atoms with Crippen LogP contribution >= 0.6 is 0 Å². The maximum atomic E-state index is 10.4. The fourth-order valence-electron chi connectivity index (χ4n) is 4.27. The summed E-state index contributed by atoms with van der Waals surface area (Å²) in [5.74, 6) is 0.920. The van der Waals surface area contributed by atoms with Crippen LogP contribution in [-0.4, -0.2) is 10.2 Å². The largest absolute Gasteiger partial charge is 0.508 e. The topological polar surface area (TPSA) is 49.7 Å². The molecule has 5 rings (SSSR count). The maximum absolute atomic E-state index is 10.4. The van der Waals surface area contributed by atoms with Crippen molar-refractivity contribution in [2.45, 2.75) is 12.0 Å². The van der Waals surface area contributed by atoms with Crippen LogP contribution in [0.25, 0.3) is 12.2 Å². The summed E-state index contributed by atoms with van der Waals surface area (Å²) < 4.78 is 6.40. The quantitative estimate of drug-likeness (QED) is 0.379. The lowest BCUT2D eigenvalue weighted by Crippen LogP contribution is -2.11. The predicted octanol–water partition coefficient (Wildman–Crippen LogP) is 6.53. The van der Waals surface area contributed by atoms with Gasteiger partial charge in [-0.2, -0.15) is 0 Å². The fraction of sp³-hybridized carbons (Fsp3) is 0.0714. The van der Waals surface area contributed by atoms with E-state index < -0.39 is 0 Å². The molecule has 0 aromatic heterocycles. The minimum atomic E-state index is -0.260. The summed E-state index contributed by atoms with van der Waals surface area (Å²) in [6.07, 6.45) is 3.79. The standard InChI is InChI=1S/C28H22O3/c29-23-13-7-12-21(16-23)27-26-22(15-14-19-8-3-1-4-9-19)17-24(30)18-25(26)31-28(27)20-10-5-2-6-11-20/h1-18,27-30H/b15-14+. The Kier molecular flexibility index (Phi) is 4.93. The average molecular weight is 406 g/mol. The van der Waals surface area contributed by atoms with E-state index >= 15 is 0 Å². The van der Waals surface area contributed by atoms with Crippen molar-refractivity contribution in [1.82, 2.24) is 0 Å². The van der Waals surface area contributed by atoms with Gasteiger partial charge in [-0.15, -0.1) is 0 Å². The van der Waals surface area contributed by atoms with Gasteiger partial charge in [-0.25, -0.2) is 0 Å². The molecule has 2 N–H and O–H groups in total. The first-order valence-electron chi connectivity index (χ1n) is 10.3. The van der Waals surface area contributed by atoms with Crippen molar-refractivity contribution in [2.75, 3.05) is 0 Å². The summed E-state index contributed by atoms with van der Waals surface area (Å²) in [6, 6.07) is 30.9. The first-order valence-corrected chi connectivity index (χ1v) is 10.3. The molecule has 1 aliphatic heterocycles. The molecule has 2 atom stereocenters. The van der Waals surface area contributed by atoms with Gasteiger partial charge in [0.05, 0.1) is 5.92 Å². The van der Waals surface area contributed by atoms with Gasteiger partial charge in [-0.1, -0.05) is 84.9 Å². The van der Waals surface area contributed by atoms with E-state index in [0.717, 1.165) is 27.8 Å². The first kappa shape index (κ1) is 19.0. The third kappa shape index (κ3) is 3.78. The average Bonchev–Trinajstić information content (AvgIpc) is 3.18. The minimum absolute atomic E-state index is 0.125. The Morgan fingerprint density at radius 1 is 0.645 bits per heavy atom. The number of aromatic hydroxyl groups is 2. The van der Waals surface area contributed by atoms with Crippen molar-refractivity contribution < 1.29 is 14.9 Å². The smallest absolute Gasteiger partial charge is 0.135 e. The molecule has 0 radical (unpaired) electrons. The van der Waals surface area contributed by atoms with Crippen molar-refractivity contribution >= 4 is 12.2 Å². The highest BCUT2D eigenvalue weighted by atomic mass is 16.5. The SMILES string of the molecule is Oc1cccc(C2c3c(/C=C/c4ccccc4)cc(O)cc3OC2c2ccccc2)c1. The van der Waals surface area contributed by atoms with Crippen LogP contribution in [0.5, 0.6) is 17.2 Å². The van der Waals surface area contributed by atoms with Gasteiger partial charge in [0.25, 0.3) is 0 Å². The maximum Gasteiger partial charge on any atom is 0.135 e. The number of phenolic OH excluding ortho intramolecular Hbond substituents is 2. The van der Waals surface area contributed by atoms with E-state index in [2.05, 4.69) is 0 Å². The van der Waals surface area contributed by atoms with Crippen LogP contribution in [0.1, 0.15) is 39.8 Å². The highest BCUT2D eigenvalue weighted by molar-refractivity contribution is 5.75. The molecule has 1 heterocycles. The summed E-state index contributed by atoms with van der Waals surface area (Å²) >= 11 is 0. The second kappa shape index (κ2) is 8.04. The normalized spacial score (nSPS) is 17.4. The van der Waals surface area contributed by atoms with Gasteiger partial charge < -0.3 is 14.9 Å². The Morgan fingerprint density at radius 2 is 1.35 bits per heavy atom. The third-order valence-corrected chi connectivity index (χ3v) is 5.64. The zero-order chi connectivity index (χ0) is 21.2. The van der Waals surface area contributed by atoms with Crippen LogP contribution in [0, 0.1) is 0 Å². The molecule has 3 heteroatoms. The summed E-state index contributed by atoms with van der Waals surface area (Å²) in [5.41, 5.74) is 4.99. The molecule has 0 aliphatic carbocycles. The van der Waals surface area contributed by atoms with Crippen LogP contribution in [0.2, 0.25) is 0 Å². The van der Waals surface area contributed by atoms with Crippen LogP contribution in [0.4, 0.5) is 0 Å². The Balaban J connectivity index is 1.67. The van der Waals surface area contributed by atoms with Crippen molar-refractivity contribution in [3.8, 4) is 17.2 Å². The number of ether oxygens (including phenoxy) is 1. The molecule has 1 aliphatic rings. The predicted molar refractivity (Wildman–Crippen MR) is 123 cm³/mol. The molecular weight excluding hydrogens is 384 g/mol. The van der Waals surface area contributed by atoms with Gasteiger partial charge in [-0.3, -0.25) is 0 Å². The number of fused-ring (bicyclic) bond motifs is 1. The zero-order valence-corrected chi connectivity index (χ0v) is 16.8. The van der Waals surface area contributed by atoms with E-state index in [4.69, 9.17) is 4.74 Å². The van der Waals surface area contributed by atoms with Crippen LogP contribution in [0.3, 0.4) is 0 Å². The molecule has 152 valence electrons. The summed E-state index contributed by atoms with van der Waals surface area (Å²) in [7, 11) is 0. The number of hydrogen-bond donors (Lipinski definition) is 2. The van der Waals surface area contributed by atoms with E-state index in [1.54, 1.807) is 24.3 Å². The Labute approximate surface area is 181 Å². The van der Waals surface area contributed by atoms with E-state index in [1.165, 1.54) is 0 Å². The van der Waals surface area contributed by atoms with Gasteiger partial charge in [0.15, 0.2) is 0 Å². The molecular formula is C28H22O3. The van der Waals surface area contributed by atoms with Gasteiger partial charge in [0.1, 0.15) is 23.4 Å². The summed E-state index contributed by atoms with van der Waals surface area (Å²) in [5, 5.41) is 20.5. The Morgan fingerprint density at radius 3 is 2.10 bits per heavy atom. The van der Waals surface area contributed by atoms with E-state index in [9.17, 15) is 10.2 Å². The van der Waals surface area contributed by atoms with Crippen molar-refractivity contribution in [3.63, 3.8) is 0 Å². The Hall–Kier alpha value is -3.98. The highest BCUT2D eigenvalue weighted by Gasteiger charge is 2.38. The molecule has 0 saturated carbocycles. The molecule has 0 saturated heterocycles. The first-order chi connectivity index (χ1) is 15.2. The summed E-state index contributed by atoms with van der Waals surface area (Å²) in [4.78, 5) is 0. The molecule has 3 nitrogen and oxygen atoms in total. The summed E-state index contributed by atoms with van der Waals surface area (Å²) in [6.45, 7) is 0. The minimum Gasteiger partial charge on any atom is -0.508 e. The molecule has 0 spiro atoms. The van der Waals surface area contributed by atoms with Crippen molar-refractivity contribution in [2.24, 2.45) is 0 Å². The number of phenols is 2. The molecule has 31 heavy (non-hydrogen) atoms. The van der Waals surface area contributed by atoms with Crippen LogP contribution in [-0.2, 0) is 0 Å². The van der Waals surface area contributed by atoms with Crippen molar-refractivity contribution in [1.29, 1.82) is 0 Å². The van der Waals surface area contributed by atoms with Gasteiger partial charge in [0, 0.05) is 11.6 Å². The van der Waals surface area contributed by atoms with E-state index in [0.29, 0.717) is 5.75 Å². The van der Waals surface area contributed by atoms with Crippen molar-refractivity contribution in [3.05, 3.63) is 125 Å². The van der Waals surface area contributed by atoms with Crippen LogP contribution < -0.4 is 4.74 Å². The monoisotopic (exact) mass is 406 g/mol. The third-order valence-electron chi connectivity index (χ3n) is 5.64. The second-order valence-electron chi connectivity index (χ2n) is 7.71. The van der Waals surface area contributed by atoms with Crippen LogP contribution in [0.15, 0.2) is 97.1 Å². The number of rotatable bonds is 4. The Bertz CT molecular complexity index is 1230. The number of hydrogen-bond acceptors (Lipinski definition) is 3. The van der Waals surface area contributed by atoms with Gasteiger partial charge in [0.2, 0.25) is 0 Å². The molecule has 0 fully saturated rings. The van der Waals surface area contributed by atoms with Gasteiger partial charge in [-0.05, 0) is 40.5 Å². The lowest BCUT2D eigenvalue weighted by molar-refractivity contribution is 0.222. The molecule has 4 aromatic carbocycles. The van der Waals surface area contributed by atoms with E-state index in [-0.39, 0.29) is 23.5 Å². The van der Waals surface area contributed by atoms with E-state index in [1.807, 2.05) is 84.9 Å². The zero-order valence-electron chi connectivity index (χ0n) is 16.8. The second-order valence-corrected chi connectivity index (χ2v) is 7.71. The highest BCUT2D eigenvalue weighted by Crippen LogP contribution is 2.52. The van der Waals surface area contributed by atoms with Gasteiger partial charge >= 0.3 is 0 Å². The lowest BCUT2D eigenvalue weighted by atomic mass is 9.82.